The van der Waals surface area contributed by atoms with Crippen molar-refractivity contribution in [2.75, 3.05) is 6.26 Å². The van der Waals surface area contributed by atoms with E-state index >= 15 is 0 Å². The molecule has 66 valence electrons. The zero-order valence-corrected chi connectivity index (χ0v) is 8.40. The first-order chi connectivity index (χ1) is 4.73. The highest BCUT2D eigenvalue weighted by Gasteiger charge is 2.50. The van der Waals surface area contributed by atoms with Crippen molar-refractivity contribution < 1.29 is 8.42 Å². The van der Waals surface area contributed by atoms with E-state index in [1.807, 2.05) is 0 Å². The van der Waals surface area contributed by atoms with Crippen molar-refractivity contribution >= 4 is 9.84 Å². The molecule has 0 heterocycles. The summed E-state index contributed by atoms with van der Waals surface area (Å²) >= 11 is 0. The smallest absolute Gasteiger partial charge is 0.150 e. The standard InChI is InChI=1S/C8H16O2S/c1-8(2,3)6-5-7(6)11(4,9)10/h6-7H,5H2,1-4H3. The molecule has 0 spiro atoms. The first kappa shape index (κ1) is 9.04. The van der Waals surface area contributed by atoms with Gasteiger partial charge < -0.3 is 0 Å². The second-order valence-electron chi connectivity index (χ2n) is 4.58. The number of rotatable bonds is 1. The maximum Gasteiger partial charge on any atom is 0.150 e. The summed E-state index contributed by atoms with van der Waals surface area (Å²) in [7, 11) is -2.76. The van der Waals surface area contributed by atoms with E-state index in [4.69, 9.17) is 0 Å². The fourth-order valence-corrected chi connectivity index (χ4v) is 3.12. The predicted molar refractivity (Wildman–Crippen MR) is 46.2 cm³/mol. The average Bonchev–Trinajstić information content (AvgIpc) is 2.30. The Morgan fingerprint density at radius 3 is 1.82 bits per heavy atom. The third-order valence-electron chi connectivity index (χ3n) is 2.39. The molecular weight excluding hydrogens is 160 g/mol. The van der Waals surface area contributed by atoms with Crippen molar-refractivity contribution in [2.24, 2.45) is 11.3 Å². The lowest BCUT2D eigenvalue weighted by Crippen LogP contribution is -2.15. The fourth-order valence-electron chi connectivity index (χ4n) is 1.56. The zero-order chi connectivity index (χ0) is 8.86. The third kappa shape index (κ3) is 1.95. The lowest BCUT2D eigenvalue weighted by Gasteiger charge is -2.17. The molecule has 0 saturated heterocycles. The van der Waals surface area contributed by atoms with Crippen LogP contribution in [-0.2, 0) is 9.84 Å². The number of sulfone groups is 1. The molecule has 11 heavy (non-hydrogen) atoms. The van der Waals surface area contributed by atoms with E-state index in [9.17, 15) is 8.42 Å². The van der Waals surface area contributed by atoms with Gasteiger partial charge in [-0.3, -0.25) is 0 Å². The van der Waals surface area contributed by atoms with Crippen LogP contribution in [-0.4, -0.2) is 19.9 Å². The van der Waals surface area contributed by atoms with Crippen LogP contribution in [0, 0.1) is 11.3 Å². The molecule has 1 saturated carbocycles. The van der Waals surface area contributed by atoms with Crippen LogP contribution in [0.25, 0.3) is 0 Å². The Morgan fingerprint density at radius 2 is 1.73 bits per heavy atom. The van der Waals surface area contributed by atoms with Gasteiger partial charge in [-0.2, -0.15) is 0 Å². The Bertz CT molecular complexity index is 246. The number of hydrogen-bond donors (Lipinski definition) is 0. The van der Waals surface area contributed by atoms with Gasteiger partial charge in [-0.1, -0.05) is 20.8 Å². The van der Waals surface area contributed by atoms with Gasteiger partial charge in [0.15, 0.2) is 9.84 Å². The minimum absolute atomic E-state index is 0.0532. The summed E-state index contributed by atoms with van der Waals surface area (Å²) in [6.45, 7) is 6.30. The highest BCUT2D eigenvalue weighted by Crippen LogP contribution is 2.48. The Labute approximate surface area is 68.9 Å². The van der Waals surface area contributed by atoms with E-state index in [-0.39, 0.29) is 10.7 Å². The van der Waals surface area contributed by atoms with Gasteiger partial charge >= 0.3 is 0 Å². The summed E-state index contributed by atoms with van der Waals surface area (Å²) in [5.41, 5.74) is 0.160. The molecule has 0 N–H and O–H groups in total. The van der Waals surface area contributed by atoms with Crippen LogP contribution in [0.4, 0.5) is 0 Å². The maximum absolute atomic E-state index is 11.1. The number of hydrogen-bond acceptors (Lipinski definition) is 2. The summed E-state index contributed by atoms with van der Waals surface area (Å²) in [6, 6.07) is 0. The summed E-state index contributed by atoms with van der Waals surface area (Å²) in [5.74, 6) is 0.387. The molecule has 0 aliphatic heterocycles. The van der Waals surface area contributed by atoms with Gasteiger partial charge in [0, 0.05) is 6.26 Å². The van der Waals surface area contributed by atoms with E-state index in [1.165, 1.54) is 6.26 Å². The summed E-state index contributed by atoms with van der Waals surface area (Å²) in [4.78, 5) is 0. The Kier molecular flexibility index (Phi) is 1.82. The third-order valence-corrected chi connectivity index (χ3v) is 4.02. The Hall–Kier alpha value is -0.0500. The predicted octanol–water partition coefficient (Wildman–Crippen LogP) is 1.47. The summed E-state index contributed by atoms with van der Waals surface area (Å²) in [6.07, 6.45) is 2.20. The van der Waals surface area contributed by atoms with Crippen molar-refractivity contribution in [3.63, 3.8) is 0 Å². The molecule has 0 aromatic heterocycles. The summed E-state index contributed by atoms with van der Waals surface area (Å²) < 4.78 is 22.1. The van der Waals surface area contributed by atoms with Crippen molar-refractivity contribution in [3.05, 3.63) is 0 Å². The van der Waals surface area contributed by atoms with Crippen LogP contribution in [0.2, 0.25) is 0 Å². The molecule has 3 heteroatoms. The SMILES string of the molecule is CC(C)(C)C1CC1S(C)(=O)=O. The maximum atomic E-state index is 11.1. The van der Waals surface area contributed by atoms with Crippen LogP contribution in [0.3, 0.4) is 0 Å². The molecule has 2 nitrogen and oxygen atoms in total. The Morgan fingerprint density at radius 1 is 1.27 bits per heavy atom. The second kappa shape index (κ2) is 2.22. The molecule has 0 amide bonds. The normalized spacial score (nSPS) is 32.0. The van der Waals surface area contributed by atoms with Gasteiger partial charge in [0.1, 0.15) is 0 Å². The first-order valence-electron chi connectivity index (χ1n) is 3.92. The highest BCUT2D eigenvalue weighted by molar-refractivity contribution is 7.91. The second-order valence-corrected chi connectivity index (χ2v) is 6.84. The van der Waals surface area contributed by atoms with Crippen molar-refractivity contribution in [1.29, 1.82) is 0 Å². The van der Waals surface area contributed by atoms with E-state index in [0.717, 1.165) is 6.42 Å². The monoisotopic (exact) mass is 176 g/mol. The molecule has 1 fully saturated rings. The van der Waals surface area contributed by atoms with Crippen molar-refractivity contribution in [1.82, 2.24) is 0 Å². The molecule has 2 atom stereocenters. The van der Waals surface area contributed by atoms with Gasteiger partial charge in [-0.05, 0) is 17.8 Å². The molecule has 0 bridgehead atoms. The van der Waals surface area contributed by atoms with Gasteiger partial charge in [0.25, 0.3) is 0 Å². The van der Waals surface area contributed by atoms with Gasteiger partial charge in [0.2, 0.25) is 0 Å². The van der Waals surface area contributed by atoms with E-state index in [0.29, 0.717) is 5.92 Å². The molecule has 0 aromatic rings. The van der Waals surface area contributed by atoms with Crippen LogP contribution in [0.1, 0.15) is 27.2 Å². The van der Waals surface area contributed by atoms with Crippen molar-refractivity contribution in [3.8, 4) is 0 Å². The van der Waals surface area contributed by atoms with Gasteiger partial charge in [-0.15, -0.1) is 0 Å². The topological polar surface area (TPSA) is 34.1 Å². The highest BCUT2D eigenvalue weighted by atomic mass is 32.2. The molecule has 1 aliphatic carbocycles. The van der Waals surface area contributed by atoms with E-state index in [2.05, 4.69) is 20.8 Å². The zero-order valence-electron chi connectivity index (χ0n) is 7.59. The Balaban J connectivity index is 2.65. The van der Waals surface area contributed by atoms with Crippen LogP contribution in [0.15, 0.2) is 0 Å². The van der Waals surface area contributed by atoms with Crippen LogP contribution >= 0.6 is 0 Å². The minimum Gasteiger partial charge on any atom is -0.229 e. The van der Waals surface area contributed by atoms with E-state index in [1.54, 1.807) is 0 Å². The minimum atomic E-state index is -2.76. The van der Waals surface area contributed by atoms with E-state index < -0.39 is 9.84 Å². The van der Waals surface area contributed by atoms with Crippen LogP contribution < -0.4 is 0 Å². The van der Waals surface area contributed by atoms with Gasteiger partial charge in [-0.25, -0.2) is 8.42 Å². The quantitative estimate of drug-likeness (QED) is 0.606. The summed E-state index contributed by atoms with van der Waals surface area (Å²) in [5, 5.41) is -0.0532. The largest absolute Gasteiger partial charge is 0.229 e. The molecule has 0 aromatic carbocycles. The van der Waals surface area contributed by atoms with Crippen molar-refractivity contribution in [2.45, 2.75) is 32.4 Å². The lowest BCUT2D eigenvalue weighted by molar-refractivity contribution is 0.351. The average molecular weight is 176 g/mol. The molecule has 1 aliphatic rings. The van der Waals surface area contributed by atoms with Crippen LogP contribution in [0.5, 0.6) is 0 Å². The molecule has 2 unspecified atom stereocenters. The molecule has 0 radical (unpaired) electrons. The first-order valence-corrected chi connectivity index (χ1v) is 5.87. The molecule has 1 rings (SSSR count). The van der Waals surface area contributed by atoms with Gasteiger partial charge in [0.05, 0.1) is 5.25 Å². The fraction of sp³-hybridized carbons (Fsp3) is 1.00. The lowest BCUT2D eigenvalue weighted by atomic mass is 9.90. The molecular formula is C8H16O2S.